The first-order chi connectivity index (χ1) is 16.5. The fraction of sp³-hybridized carbons (Fsp3) is 0.222. The van der Waals surface area contributed by atoms with E-state index in [2.05, 4.69) is 4.90 Å². The maximum absolute atomic E-state index is 14.1. The molecular weight excluding hydrogens is 435 g/mol. The summed E-state index contributed by atoms with van der Waals surface area (Å²) >= 11 is 0. The van der Waals surface area contributed by atoms with Crippen molar-refractivity contribution in [3.63, 3.8) is 0 Å². The van der Waals surface area contributed by atoms with Crippen molar-refractivity contribution in [3.05, 3.63) is 88.5 Å². The predicted molar refractivity (Wildman–Crippen MR) is 130 cm³/mol. The molecule has 0 aliphatic carbocycles. The van der Waals surface area contributed by atoms with Gasteiger partial charge in [-0.1, -0.05) is 24.3 Å². The Hall–Kier alpha value is -3.84. The van der Waals surface area contributed by atoms with Crippen molar-refractivity contribution in [3.8, 4) is 22.6 Å². The predicted octanol–water partition coefficient (Wildman–Crippen LogP) is 4.64. The standard InChI is InChI=1S/C27H25FN2O4/c1-33-19-8-6-18(7-9-19)22-17-34-27-20(26(22)32)10-11-25(31)21(27)16-29-12-14-30(15-13-29)24-5-3-2-4-23(24)28/h2-11,17,31H,12-16H2,1H3. The van der Waals surface area contributed by atoms with Crippen molar-refractivity contribution in [2.75, 3.05) is 38.2 Å². The zero-order chi connectivity index (χ0) is 23.7. The smallest absolute Gasteiger partial charge is 0.200 e. The summed E-state index contributed by atoms with van der Waals surface area (Å²) in [4.78, 5) is 17.4. The third kappa shape index (κ3) is 4.10. The number of rotatable bonds is 5. The molecule has 5 rings (SSSR count). The minimum Gasteiger partial charge on any atom is -0.507 e. The van der Waals surface area contributed by atoms with Crippen LogP contribution in [0, 0.1) is 5.82 Å². The number of methoxy groups -OCH3 is 1. The van der Waals surface area contributed by atoms with Gasteiger partial charge < -0.3 is 19.2 Å². The van der Waals surface area contributed by atoms with Crippen molar-refractivity contribution >= 4 is 16.7 Å². The molecule has 0 unspecified atom stereocenters. The van der Waals surface area contributed by atoms with Crippen LogP contribution in [0.25, 0.3) is 22.1 Å². The van der Waals surface area contributed by atoms with E-state index in [1.54, 1.807) is 43.5 Å². The molecule has 0 saturated carbocycles. The van der Waals surface area contributed by atoms with Crippen LogP contribution in [0.2, 0.25) is 0 Å². The molecule has 0 radical (unpaired) electrons. The number of piperazine rings is 1. The van der Waals surface area contributed by atoms with Crippen molar-refractivity contribution in [2.24, 2.45) is 0 Å². The molecule has 7 heteroatoms. The van der Waals surface area contributed by atoms with Gasteiger partial charge in [0.1, 0.15) is 29.2 Å². The molecule has 2 heterocycles. The van der Waals surface area contributed by atoms with E-state index in [1.807, 2.05) is 23.1 Å². The minimum atomic E-state index is -0.225. The van der Waals surface area contributed by atoms with Crippen LogP contribution >= 0.6 is 0 Å². The largest absolute Gasteiger partial charge is 0.507 e. The number of benzene rings is 3. The molecule has 0 amide bonds. The van der Waals surface area contributed by atoms with Gasteiger partial charge in [0.25, 0.3) is 0 Å². The summed E-state index contributed by atoms with van der Waals surface area (Å²) in [6.07, 6.45) is 1.45. The number of ether oxygens (including phenoxy) is 1. The highest BCUT2D eigenvalue weighted by Crippen LogP contribution is 2.30. The van der Waals surface area contributed by atoms with Crippen LogP contribution < -0.4 is 15.1 Å². The van der Waals surface area contributed by atoms with Crippen LogP contribution in [0.4, 0.5) is 10.1 Å². The van der Waals surface area contributed by atoms with E-state index in [-0.39, 0.29) is 17.0 Å². The summed E-state index contributed by atoms with van der Waals surface area (Å²) in [7, 11) is 1.59. The molecule has 4 aromatic rings. The van der Waals surface area contributed by atoms with Gasteiger partial charge in [0, 0.05) is 32.7 Å². The number of hydrogen-bond donors (Lipinski definition) is 1. The zero-order valence-corrected chi connectivity index (χ0v) is 18.8. The third-order valence-electron chi connectivity index (χ3n) is 6.37. The van der Waals surface area contributed by atoms with E-state index >= 15 is 0 Å². The van der Waals surface area contributed by atoms with E-state index in [0.717, 1.165) is 5.56 Å². The Morgan fingerprint density at radius 2 is 1.74 bits per heavy atom. The Balaban J connectivity index is 1.39. The molecule has 0 atom stereocenters. The van der Waals surface area contributed by atoms with Gasteiger partial charge in [0.05, 0.1) is 29.3 Å². The van der Waals surface area contributed by atoms with E-state index in [9.17, 15) is 14.3 Å². The Bertz CT molecular complexity index is 1380. The highest BCUT2D eigenvalue weighted by atomic mass is 19.1. The van der Waals surface area contributed by atoms with E-state index < -0.39 is 0 Å². The Labute approximate surface area is 196 Å². The first-order valence-corrected chi connectivity index (χ1v) is 11.2. The highest BCUT2D eigenvalue weighted by Gasteiger charge is 2.22. The molecule has 0 spiro atoms. The quantitative estimate of drug-likeness (QED) is 0.468. The van der Waals surface area contributed by atoms with Crippen LogP contribution in [0.3, 0.4) is 0 Å². The molecule has 1 aromatic heterocycles. The Morgan fingerprint density at radius 3 is 2.44 bits per heavy atom. The normalized spacial score (nSPS) is 14.5. The van der Waals surface area contributed by atoms with Crippen molar-refractivity contribution < 1.29 is 18.7 Å². The molecule has 1 fully saturated rings. The number of phenols is 1. The average Bonchev–Trinajstić information content (AvgIpc) is 2.87. The molecule has 6 nitrogen and oxygen atoms in total. The van der Waals surface area contributed by atoms with Gasteiger partial charge in [0.15, 0.2) is 0 Å². The number of anilines is 1. The number of fused-ring (bicyclic) bond motifs is 1. The molecule has 174 valence electrons. The van der Waals surface area contributed by atoms with E-state index in [0.29, 0.717) is 66.3 Å². The number of halogens is 1. The second-order valence-corrected chi connectivity index (χ2v) is 8.36. The van der Waals surface area contributed by atoms with Gasteiger partial charge in [-0.15, -0.1) is 0 Å². The zero-order valence-electron chi connectivity index (χ0n) is 18.8. The lowest BCUT2D eigenvalue weighted by atomic mass is 10.0. The molecule has 1 aliphatic heterocycles. The third-order valence-corrected chi connectivity index (χ3v) is 6.37. The Morgan fingerprint density at radius 1 is 1.00 bits per heavy atom. The number of para-hydroxylation sites is 1. The lowest BCUT2D eigenvalue weighted by Crippen LogP contribution is -2.46. The fourth-order valence-electron chi connectivity index (χ4n) is 4.45. The molecule has 1 N–H and O–H groups in total. The molecular formula is C27H25FN2O4. The van der Waals surface area contributed by atoms with Gasteiger partial charge in [0.2, 0.25) is 5.43 Å². The number of hydrogen-bond acceptors (Lipinski definition) is 6. The van der Waals surface area contributed by atoms with Crippen molar-refractivity contribution in [1.82, 2.24) is 4.90 Å². The summed E-state index contributed by atoms with van der Waals surface area (Å²) < 4.78 is 25.2. The molecule has 3 aromatic carbocycles. The monoisotopic (exact) mass is 460 g/mol. The second kappa shape index (κ2) is 9.19. The lowest BCUT2D eigenvalue weighted by Gasteiger charge is -2.36. The summed E-state index contributed by atoms with van der Waals surface area (Å²) in [5, 5.41) is 11.0. The van der Waals surface area contributed by atoms with E-state index in [1.165, 1.54) is 12.3 Å². The number of nitrogens with zero attached hydrogens (tertiary/aromatic N) is 2. The maximum atomic E-state index is 14.1. The Kier molecular flexibility index (Phi) is 5.94. The van der Waals surface area contributed by atoms with Gasteiger partial charge >= 0.3 is 0 Å². The van der Waals surface area contributed by atoms with Gasteiger partial charge in [-0.05, 0) is 42.0 Å². The number of aromatic hydroxyl groups is 1. The van der Waals surface area contributed by atoms with Crippen molar-refractivity contribution in [2.45, 2.75) is 6.54 Å². The lowest BCUT2D eigenvalue weighted by molar-refractivity contribution is 0.246. The topological polar surface area (TPSA) is 66.2 Å². The molecule has 0 bridgehead atoms. The summed E-state index contributed by atoms with van der Waals surface area (Å²) in [5.74, 6) is 0.567. The van der Waals surface area contributed by atoms with Gasteiger partial charge in [-0.25, -0.2) is 4.39 Å². The fourth-order valence-corrected chi connectivity index (χ4v) is 4.45. The summed E-state index contributed by atoms with van der Waals surface area (Å²) in [6, 6.07) is 17.1. The molecule has 34 heavy (non-hydrogen) atoms. The molecule has 1 aliphatic rings. The molecule has 1 saturated heterocycles. The first kappa shape index (κ1) is 22.0. The summed E-state index contributed by atoms with van der Waals surface area (Å²) in [6.45, 7) is 3.14. The maximum Gasteiger partial charge on any atom is 0.200 e. The first-order valence-electron chi connectivity index (χ1n) is 11.2. The summed E-state index contributed by atoms with van der Waals surface area (Å²) in [5.41, 5.74) is 2.60. The van der Waals surface area contributed by atoms with Gasteiger partial charge in [-0.2, -0.15) is 0 Å². The van der Waals surface area contributed by atoms with Crippen LogP contribution in [0.1, 0.15) is 5.56 Å². The van der Waals surface area contributed by atoms with Crippen LogP contribution in [0.5, 0.6) is 11.5 Å². The van der Waals surface area contributed by atoms with Crippen molar-refractivity contribution in [1.29, 1.82) is 0 Å². The average molecular weight is 461 g/mol. The minimum absolute atomic E-state index is 0.0874. The van der Waals surface area contributed by atoms with Crippen LogP contribution in [-0.4, -0.2) is 43.3 Å². The van der Waals surface area contributed by atoms with E-state index in [4.69, 9.17) is 9.15 Å². The second-order valence-electron chi connectivity index (χ2n) is 8.36. The van der Waals surface area contributed by atoms with Crippen LogP contribution in [0.15, 0.2) is 76.1 Å². The number of phenolic OH excluding ortho intramolecular Hbond substituents is 1. The van der Waals surface area contributed by atoms with Crippen LogP contribution in [-0.2, 0) is 6.54 Å². The highest BCUT2D eigenvalue weighted by molar-refractivity contribution is 5.85. The SMILES string of the molecule is COc1ccc(-c2coc3c(CN4CCN(c5ccccc5F)CC4)c(O)ccc3c2=O)cc1. The van der Waals surface area contributed by atoms with Gasteiger partial charge in [-0.3, -0.25) is 9.69 Å².